The van der Waals surface area contributed by atoms with Crippen molar-refractivity contribution in [3.05, 3.63) is 42.2 Å². The molecule has 3 rings (SSSR count). The normalized spacial score (nSPS) is 16.6. The van der Waals surface area contributed by atoms with Gasteiger partial charge in [-0.3, -0.25) is 0 Å². The van der Waals surface area contributed by atoms with Gasteiger partial charge in [-0.25, -0.2) is 14.8 Å². The SMILES string of the molecule is NC(N)=NC(=O)NCc1cccc(-c2cnc(N3CCCC(O)C3)nc2)c1. The molecular weight excluding hydrogens is 346 g/mol. The molecule has 2 aromatic rings. The molecule has 2 heterocycles. The van der Waals surface area contributed by atoms with Gasteiger partial charge in [0.1, 0.15) is 0 Å². The molecule has 1 aromatic heterocycles. The van der Waals surface area contributed by atoms with Crippen LogP contribution in [0.15, 0.2) is 41.7 Å². The van der Waals surface area contributed by atoms with E-state index in [2.05, 4.69) is 20.3 Å². The molecular formula is C18H23N7O2. The zero-order valence-corrected chi connectivity index (χ0v) is 14.9. The number of nitrogens with one attached hydrogen (secondary N) is 1. The highest BCUT2D eigenvalue weighted by Crippen LogP contribution is 2.21. The predicted molar refractivity (Wildman–Crippen MR) is 103 cm³/mol. The molecule has 0 saturated carbocycles. The third kappa shape index (κ3) is 5.14. The number of benzene rings is 1. The minimum Gasteiger partial charge on any atom is -0.391 e. The Morgan fingerprint density at radius 2 is 2.07 bits per heavy atom. The van der Waals surface area contributed by atoms with Crippen LogP contribution in [0.25, 0.3) is 11.1 Å². The molecule has 9 nitrogen and oxygen atoms in total. The quantitative estimate of drug-likeness (QED) is 0.456. The second-order valence-corrected chi connectivity index (χ2v) is 6.41. The number of β-amino-alcohol motifs (C(OH)–C–C–N with tert-alkyl or cyclic N) is 1. The van der Waals surface area contributed by atoms with E-state index in [4.69, 9.17) is 11.5 Å². The van der Waals surface area contributed by atoms with E-state index in [1.54, 1.807) is 12.4 Å². The number of nitrogens with two attached hydrogens (primary N) is 2. The van der Waals surface area contributed by atoms with Crippen molar-refractivity contribution in [1.82, 2.24) is 15.3 Å². The topological polar surface area (TPSA) is 143 Å². The van der Waals surface area contributed by atoms with Crippen LogP contribution in [-0.2, 0) is 6.54 Å². The number of urea groups is 1. The molecule has 9 heteroatoms. The maximum atomic E-state index is 11.5. The first kappa shape index (κ1) is 18.6. The van der Waals surface area contributed by atoms with Crippen LogP contribution in [0.3, 0.4) is 0 Å². The van der Waals surface area contributed by atoms with Crippen molar-refractivity contribution in [3.8, 4) is 11.1 Å². The van der Waals surface area contributed by atoms with E-state index < -0.39 is 6.03 Å². The summed E-state index contributed by atoms with van der Waals surface area (Å²) in [5.41, 5.74) is 13.0. The van der Waals surface area contributed by atoms with Gasteiger partial charge in [0.25, 0.3) is 0 Å². The average molecular weight is 369 g/mol. The number of anilines is 1. The van der Waals surface area contributed by atoms with Crippen molar-refractivity contribution in [3.63, 3.8) is 0 Å². The van der Waals surface area contributed by atoms with Crippen molar-refractivity contribution in [2.75, 3.05) is 18.0 Å². The van der Waals surface area contributed by atoms with Gasteiger partial charge in [0.2, 0.25) is 5.95 Å². The zero-order valence-electron chi connectivity index (χ0n) is 14.9. The van der Waals surface area contributed by atoms with E-state index in [9.17, 15) is 9.90 Å². The number of aliphatic hydroxyl groups excluding tert-OH is 1. The van der Waals surface area contributed by atoms with Crippen LogP contribution in [0, 0.1) is 0 Å². The van der Waals surface area contributed by atoms with Crippen molar-refractivity contribution >= 4 is 17.9 Å². The number of piperidine rings is 1. The van der Waals surface area contributed by atoms with Gasteiger partial charge in [-0.05, 0) is 30.0 Å². The number of carbonyl (C=O) groups excluding carboxylic acids is 1. The summed E-state index contributed by atoms with van der Waals surface area (Å²) in [7, 11) is 0. The predicted octanol–water partition coefficient (Wildman–Crippen LogP) is 0.588. The Hall–Kier alpha value is -3.20. The van der Waals surface area contributed by atoms with Crippen molar-refractivity contribution in [2.45, 2.75) is 25.5 Å². The number of rotatable bonds is 4. The highest BCUT2D eigenvalue weighted by atomic mass is 16.3. The van der Waals surface area contributed by atoms with Gasteiger partial charge in [0.15, 0.2) is 5.96 Å². The Morgan fingerprint density at radius 1 is 1.30 bits per heavy atom. The number of hydrogen-bond donors (Lipinski definition) is 4. The molecule has 0 aliphatic carbocycles. The Labute approximate surface area is 157 Å². The smallest absolute Gasteiger partial charge is 0.344 e. The Kier molecular flexibility index (Phi) is 5.82. The van der Waals surface area contributed by atoms with Crippen LogP contribution in [0.1, 0.15) is 18.4 Å². The van der Waals surface area contributed by atoms with E-state index in [0.717, 1.165) is 36.1 Å². The number of aliphatic imine (C=N–C) groups is 1. The van der Waals surface area contributed by atoms with Crippen LogP contribution < -0.4 is 21.7 Å². The van der Waals surface area contributed by atoms with Crippen molar-refractivity contribution < 1.29 is 9.90 Å². The first-order valence-corrected chi connectivity index (χ1v) is 8.73. The summed E-state index contributed by atoms with van der Waals surface area (Å²) in [6, 6.07) is 7.09. The molecule has 0 radical (unpaired) electrons. The van der Waals surface area contributed by atoms with Gasteiger partial charge in [0, 0.05) is 37.6 Å². The number of hydrogen-bond acceptors (Lipinski definition) is 5. The molecule has 6 N–H and O–H groups in total. The summed E-state index contributed by atoms with van der Waals surface area (Å²) in [5.74, 6) is 0.345. The van der Waals surface area contributed by atoms with Gasteiger partial charge < -0.3 is 26.8 Å². The first-order valence-electron chi connectivity index (χ1n) is 8.73. The molecule has 2 amide bonds. The molecule has 1 aromatic carbocycles. The third-order valence-corrected chi connectivity index (χ3v) is 4.25. The molecule has 27 heavy (non-hydrogen) atoms. The summed E-state index contributed by atoms with van der Waals surface area (Å²) < 4.78 is 0. The summed E-state index contributed by atoms with van der Waals surface area (Å²) in [6.45, 7) is 1.71. The Morgan fingerprint density at radius 3 is 2.78 bits per heavy atom. The van der Waals surface area contributed by atoms with Crippen LogP contribution in [0.4, 0.5) is 10.7 Å². The molecule has 1 fully saturated rings. The molecule has 1 saturated heterocycles. The van der Waals surface area contributed by atoms with Crippen LogP contribution in [0.2, 0.25) is 0 Å². The number of guanidine groups is 1. The summed E-state index contributed by atoms with van der Waals surface area (Å²) in [6.07, 6.45) is 4.95. The fourth-order valence-corrected chi connectivity index (χ4v) is 2.97. The number of amides is 2. The lowest BCUT2D eigenvalue weighted by molar-refractivity contribution is 0.153. The fraction of sp³-hybridized carbons (Fsp3) is 0.333. The van der Waals surface area contributed by atoms with Gasteiger partial charge in [-0.2, -0.15) is 4.99 Å². The van der Waals surface area contributed by atoms with E-state index in [1.807, 2.05) is 29.2 Å². The molecule has 1 unspecified atom stereocenters. The minimum atomic E-state index is -0.586. The minimum absolute atomic E-state index is 0.278. The molecule has 1 aliphatic heterocycles. The maximum Gasteiger partial charge on any atom is 0.344 e. The molecule has 142 valence electrons. The van der Waals surface area contributed by atoms with Crippen molar-refractivity contribution in [1.29, 1.82) is 0 Å². The van der Waals surface area contributed by atoms with Crippen LogP contribution in [-0.4, -0.2) is 46.3 Å². The highest BCUT2D eigenvalue weighted by molar-refractivity contribution is 5.90. The number of nitrogens with zero attached hydrogens (tertiary/aromatic N) is 4. The largest absolute Gasteiger partial charge is 0.391 e. The van der Waals surface area contributed by atoms with Crippen LogP contribution >= 0.6 is 0 Å². The zero-order chi connectivity index (χ0) is 19.2. The standard InChI is InChI=1S/C18H23N7O2/c19-16(20)24-18(27)23-8-12-3-1-4-13(7-12)14-9-21-17(22-10-14)25-6-2-5-15(26)11-25/h1,3-4,7,9-10,15,26H,2,5-6,8,11H2,(H5,19,20,23,24,27). The molecule has 0 spiro atoms. The van der Waals surface area contributed by atoms with Crippen molar-refractivity contribution in [2.24, 2.45) is 16.5 Å². The van der Waals surface area contributed by atoms with Crippen LogP contribution in [0.5, 0.6) is 0 Å². The first-order chi connectivity index (χ1) is 13.0. The fourth-order valence-electron chi connectivity index (χ4n) is 2.97. The van der Waals surface area contributed by atoms with E-state index in [0.29, 0.717) is 19.0 Å². The van der Waals surface area contributed by atoms with E-state index in [1.165, 1.54) is 0 Å². The second kappa shape index (κ2) is 8.45. The monoisotopic (exact) mass is 369 g/mol. The lowest BCUT2D eigenvalue weighted by Crippen LogP contribution is -2.39. The number of carbonyl (C=O) groups is 1. The number of aliphatic hydroxyl groups is 1. The molecule has 1 aliphatic rings. The summed E-state index contributed by atoms with van der Waals surface area (Å²) in [4.78, 5) is 25.8. The Bertz CT molecular complexity index is 819. The molecule has 1 atom stereocenters. The second-order valence-electron chi connectivity index (χ2n) is 6.41. The number of aromatic nitrogens is 2. The van der Waals surface area contributed by atoms with Gasteiger partial charge in [0.05, 0.1) is 6.10 Å². The van der Waals surface area contributed by atoms with E-state index in [-0.39, 0.29) is 12.1 Å². The summed E-state index contributed by atoms with van der Waals surface area (Å²) in [5, 5.41) is 12.4. The summed E-state index contributed by atoms with van der Waals surface area (Å²) >= 11 is 0. The maximum absolute atomic E-state index is 11.5. The van der Waals surface area contributed by atoms with E-state index >= 15 is 0 Å². The van der Waals surface area contributed by atoms with Gasteiger partial charge in [-0.1, -0.05) is 18.2 Å². The van der Waals surface area contributed by atoms with Gasteiger partial charge in [-0.15, -0.1) is 0 Å². The highest BCUT2D eigenvalue weighted by Gasteiger charge is 2.19. The van der Waals surface area contributed by atoms with Gasteiger partial charge >= 0.3 is 6.03 Å². The Balaban J connectivity index is 1.67. The lowest BCUT2D eigenvalue weighted by Gasteiger charge is -2.29. The third-order valence-electron chi connectivity index (χ3n) is 4.25. The lowest BCUT2D eigenvalue weighted by atomic mass is 10.1. The average Bonchev–Trinajstić information content (AvgIpc) is 2.66. The molecule has 0 bridgehead atoms.